The standard InChI is InChI=1S/C6H11F2N/c1-4-5(9-3)6(2,7)8/h4-5,9H,1H2,2-3H3. The predicted molar refractivity (Wildman–Crippen MR) is 33.7 cm³/mol. The summed E-state index contributed by atoms with van der Waals surface area (Å²) < 4.78 is 24.5. The molecular weight excluding hydrogens is 124 g/mol. The summed E-state index contributed by atoms with van der Waals surface area (Å²) in [6.45, 7) is 4.11. The van der Waals surface area contributed by atoms with Gasteiger partial charge in [0.15, 0.2) is 0 Å². The van der Waals surface area contributed by atoms with Crippen molar-refractivity contribution in [2.45, 2.75) is 18.9 Å². The molecule has 9 heavy (non-hydrogen) atoms. The second-order valence-electron chi connectivity index (χ2n) is 1.96. The lowest BCUT2D eigenvalue weighted by Gasteiger charge is -2.18. The molecule has 0 radical (unpaired) electrons. The molecule has 1 nitrogen and oxygen atoms in total. The Balaban J connectivity index is 3.94. The van der Waals surface area contributed by atoms with Gasteiger partial charge in [0.05, 0.1) is 6.04 Å². The summed E-state index contributed by atoms with van der Waals surface area (Å²) in [6.07, 6.45) is 1.19. The molecular formula is C6H11F2N. The van der Waals surface area contributed by atoms with Gasteiger partial charge in [-0.25, -0.2) is 8.78 Å². The molecule has 0 heterocycles. The highest BCUT2D eigenvalue weighted by Crippen LogP contribution is 2.16. The zero-order chi connectivity index (χ0) is 7.49. The Hall–Kier alpha value is -0.440. The fourth-order valence-corrected chi connectivity index (χ4v) is 0.578. The van der Waals surface area contributed by atoms with Crippen molar-refractivity contribution in [2.75, 3.05) is 7.05 Å². The summed E-state index contributed by atoms with van der Waals surface area (Å²) >= 11 is 0. The highest BCUT2D eigenvalue weighted by atomic mass is 19.3. The van der Waals surface area contributed by atoms with Gasteiger partial charge in [-0.2, -0.15) is 0 Å². The van der Waals surface area contributed by atoms with Crippen LogP contribution in [0.15, 0.2) is 12.7 Å². The van der Waals surface area contributed by atoms with E-state index in [1.54, 1.807) is 0 Å². The van der Waals surface area contributed by atoms with Crippen molar-refractivity contribution in [2.24, 2.45) is 0 Å². The van der Waals surface area contributed by atoms with Crippen LogP contribution in [0.5, 0.6) is 0 Å². The minimum absolute atomic E-state index is 0.857. The Morgan fingerprint density at radius 3 is 2.11 bits per heavy atom. The smallest absolute Gasteiger partial charge is 0.263 e. The van der Waals surface area contributed by atoms with Crippen molar-refractivity contribution in [1.29, 1.82) is 0 Å². The average Bonchev–Trinajstić information content (AvgIpc) is 1.65. The summed E-state index contributed by atoms with van der Waals surface area (Å²) in [7, 11) is 1.48. The van der Waals surface area contributed by atoms with Crippen LogP contribution < -0.4 is 5.32 Å². The van der Waals surface area contributed by atoms with Crippen LogP contribution in [0.1, 0.15) is 6.92 Å². The molecule has 0 aliphatic carbocycles. The first-order chi connectivity index (χ1) is 4.02. The lowest BCUT2D eigenvalue weighted by atomic mass is 10.2. The van der Waals surface area contributed by atoms with Gasteiger partial charge < -0.3 is 5.32 Å². The van der Waals surface area contributed by atoms with E-state index in [0.717, 1.165) is 6.92 Å². The lowest BCUT2D eigenvalue weighted by Crippen LogP contribution is -2.38. The molecule has 0 aliphatic rings. The molecule has 54 valence electrons. The van der Waals surface area contributed by atoms with Crippen LogP contribution >= 0.6 is 0 Å². The van der Waals surface area contributed by atoms with Gasteiger partial charge in [0, 0.05) is 6.92 Å². The molecule has 0 aliphatic heterocycles. The summed E-state index contributed by atoms with van der Waals surface area (Å²) in [6, 6.07) is -0.919. The van der Waals surface area contributed by atoms with E-state index in [1.165, 1.54) is 13.1 Å². The van der Waals surface area contributed by atoms with Gasteiger partial charge in [-0.1, -0.05) is 6.08 Å². The van der Waals surface area contributed by atoms with Crippen molar-refractivity contribution in [3.8, 4) is 0 Å². The minimum Gasteiger partial charge on any atom is -0.309 e. The third-order valence-corrected chi connectivity index (χ3v) is 1.09. The van der Waals surface area contributed by atoms with Crippen LogP contribution in [-0.2, 0) is 0 Å². The third kappa shape index (κ3) is 2.56. The summed E-state index contributed by atoms with van der Waals surface area (Å²) in [5.41, 5.74) is 0. The van der Waals surface area contributed by atoms with Gasteiger partial charge in [0.1, 0.15) is 0 Å². The summed E-state index contributed by atoms with van der Waals surface area (Å²) in [5, 5.41) is 2.42. The number of likely N-dealkylation sites (N-methyl/N-ethyl adjacent to an activating group) is 1. The van der Waals surface area contributed by atoms with E-state index in [1.807, 2.05) is 0 Å². The van der Waals surface area contributed by atoms with Crippen molar-refractivity contribution >= 4 is 0 Å². The Bertz CT molecular complexity index is 95.7. The number of hydrogen-bond acceptors (Lipinski definition) is 1. The van der Waals surface area contributed by atoms with E-state index >= 15 is 0 Å². The summed E-state index contributed by atoms with van der Waals surface area (Å²) in [4.78, 5) is 0. The van der Waals surface area contributed by atoms with Gasteiger partial charge in [-0.15, -0.1) is 6.58 Å². The maximum absolute atomic E-state index is 12.3. The molecule has 0 saturated carbocycles. The van der Waals surface area contributed by atoms with E-state index in [4.69, 9.17) is 0 Å². The molecule has 0 bridgehead atoms. The first kappa shape index (κ1) is 8.56. The molecule has 1 atom stereocenters. The number of hydrogen-bond donors (Lipinski definition) is 1. The van der Waals surface area contributed by atoms with Gasteiger partial charge in [0.25, 0.3) is 5.92 Å². The first-order valence-electron chi connectivity index (χ1n) is 2.70. The Morgan fingerprint density at radius 2 is 2.11 bits per heavy atom. The van der Waals surface area contributed by atoms with Gasteiger partial charge in [-0.3, -0.25) is 0 Å². The molecule has 1 N–H and O–H groups in total. The third-order valence-electron chi connectivity index (χ3n) is 1.09. The normalized spacial score (nSPS) is 15.1. The SMILES string of the molecule is C=CC(NC)C(C)(F)F. The maximum atomic E-state index is 12.3. The fourth-order valence-electron chi connectivity index (χ4n) is 0.578. The second-order valence-corrected chi connectivity index (χ2v) is 1.96. The molecule has 0 amide bonds. The zero-order valence-electron chi connectivity index (χ0n) is 5.62. The van der Waals surface area contributed by atoms with Crippen LogP contribution in [0.4, 0.5) is 8.78 Å². The van der Waals surface area contributed by atoms with Crippen LogP contribution in [0.25, 0.3) is 0 Å². The molecule has 0 spiro atoms. The molecule has 0 rings (SSSR count). The highest BCUT2D eigenvalue weighted by Gasteiger charge is 2.29. The molecule has 0 aromatic heterocycles. The second kappa shape index (κ2) is 2.92. The molecule has 0 aromatic carbocycles. The van der Waals surface area contributed by atoms with Crippen molar-refractivity contribution < 1.29 is 8.78 Å². The van der Waals surface area contributed by atoms with Crippen LogP contribution in [0.3, 0.4) is 0 Å². The first-order valence-corrected chi connectivity index (χ1v) is 2.70. The van der Waals surface area contributed by atoms with Gasteiger partial charge in [-0.05, 0) is 7.05 Å². The van der Waals surface area contributed by atoms with Crippen molar-refractivity contribution in [3.05, 3.63) is 12.7 Å². The minimum atomic E-state index is -2.71. The van der Waals surface area contributed by atoms with Crippen LogP contribution in [0.2, 0.25) is 0 Å². The molecule has 0 aromatic rings. The number of alkyl halides is 2. The lowest BCUT2D eigenvalue weighted by molar-refractivity contribution is -0.0000457. The van der Waals surface area contributed by atoms with Gasteiger partial charge in [0.2, 0.25) is 0 Å². The Morgan fingerprint density at radius 1 is 1.67 bits per heavy atom. The molecule has 0 fully saturated rings. The monoisotopic (exact) mass is 135 g/mol. The fraction of sp³-hybridized carbons (Fsp3) is 0.667. The van der Waals surface area contributed by atoms with Gasteiger partial charge >= 0.3 is 0 Å². The highest BCUT2D eigenvalue weighted by molar-refractivity contribution is 4.92. The van der Waals surface area contributed by atoms with E-state index in [9.17, 15) is 8.78 Å². The van der Waals surface area contributed by atoms with E-state index < -0.39 is 12.0 Å². The zero-order valence-corrected chi connectivity index (χ0v) is 5.62. The average molecular weight is 135 g/mol. The Kier molecular flexibility index (Phi) is 2.77. The van der Waals surface area contributed by atoms with E-state index in [-0.39, 0.29) is 0 Å². The predicted octanol–water partition coefficient (Wildman–Crippen LogP) is 1.42. The van der Waals surface area contributed by atoms with E-state index in [0.29, 0.717) is 0 Å². The van der Waals surface area contributed by atoms with Crippen LogP contribution in [0, 0.1) is 0 Å². The molecule has 1 unspecified atom stereocenters. The quantitative estimate of drug-likeness (QED) is 0.577. The summed E-state index contributed by atoms with van der Waals surface area (Å²) in [5.74, 6) is -2.71. The number of nitrogens with one attached hydrogen (secondary N) is 1. The van der Waals surface area contributed by atoms with Crippen LogP contribution in [-0.4, -0.2) is 19.0 Å². The van der Waals surface area contributed by atoms with Crippen molar-refractivity contribution in [3.63, 3.8) is 0 Å². The molecule has 0 saturated heterocycles. The topological polar surface area (TPSA) is 12.0 Å². The Labute approximate surface area is 53.8 Å². The number of rotatable bonds is 3. The molecule has 3 heteroatoms. The largest absolute Gasteiger partial charge is 0.309 e. The van der Waals surface area contributed by atoms with E-state index in [2.05, 4.69) is 11.9 Å². The van der Waals surface area contributed by atoms with Crippen molar-refractivity contribution in [1.82, 2.24) is 5.32 Å². The number of halogens is 2. The maximum Gasteiger partial charge on any atom is 0.263 e.